The molecule has 1 aliphatic heterocycles. The highest BCUT2D eigenvalue weighted by Crippen LogP contribution is 2.62. The third kappa shape index (κ3) is 4.37. The van der Waals surface area contributed by atoms with E-state index in [1.807, 2.05) is 89.2 Å². The second kappa shape index (κ2) is 7.93. The van der Waals surface area contributed by atoms with Crippen molar-refractivity contribution in [3.05, 3.63) is 71.3 Å². The highest BCUT2D eigenvalue weighted by Gasteiger charge is 2.72. The van der Waals surface area contributed by atoms with Crippen LogP contribution < -0.4 is 0 Å². The molecule has 170 valence electrons. The fraction of sp³-hybridized carbons (Fsp3) is 0.462. The first-order valence-corrected chi connectivity index (χ1v) is 11.0. The van der Waals surface area contributed by atoms with Crippen molar-refractivity contribution in [2.24, 2.45) is 0 Å². The fourth-order valence-electron chi connectivity index (χ4n) is 4.53. The minimum atomic E-state index is -0.772. The predicted octanol–water partition coefficient (Wildman–Crippen LogP) is 4.94. The average Bonchev–Trinajstić information content (AvgIpc) is 3.32. The lowest BCUT2D eigenvalue weighted by molar-refractivity contribution is -0.153. The van der Waals surface area contributed by atoms with E-state index in [1.165, 1.54) is 0 Å². The van der Waals surface area contributed by atoms with E-state index in [9.17, 15) is 9.59 Å². The molecule has 2 aliphatic rings. The first kappa shape index (κ1) is 22.3. The summed E-state index contributed by atoms with van der Waals surface area (Å²) >= 11 is 0. The molecule has 1 amide bonds. The molecule has 0 bridgehead atoms. The molecule has 6 nitrogen and oxygen atoms in total. The molecule has 1 aliphatic carbocycles. The van der Waals surface area contributed by atoms with Crippen LogP contribution in [0.15, 0.2) is 54.6 Å². The maximum Gasteiger partial charge on any atom is 0.413 e. The van der Waals surface area contributed by atoms with Crippen LogP contribution >= 0.6 is 0 Å². The topological polar surface area (TPSA) is 65.1 Å². The van der Waals surface area contributed by atoms with Gasteiger partial charge in [0.15, 0.2) is 0 Å². The summed E-state index contributed by atoms with van der Waals surface area (Å²) in [7, 11) is 0. The lowest BCUT2D eigenvalue weighted by Crippen LogP contribution is -2.50. The standard InChI is InChI=1S/C26H31NO5/c1-24(2,3)32-22(28)15-18-11-13-20(14-12-18)26-16-21(26)31-25(4,5)27(26)23(29)30-17-19-9-7-6-8-10-19/h6-14,21H,15-17H2,1-5H3. The molecule has 2 fully saturated rings. The number of carbonyl (C=O) groups is 2. The van der Waals surface area contributed by atoms with Crippen LogP contribution in [0.2, 0.25) is 0 Å². The van der Waals surface area contributed by atoms with Crippen LogP contribution in [0, 0.1) is 0 Å². The van der Waals surface area contributed by atoms with E-state index in [4.69, 9.17) is 14.2 Å². The molecule has 0 radical (unpaired) electrons. The number of carbonyl (C=O) groups excluding carboxylic acids is 2. The molecule has 0 N–H and O–H groups in total. The number of rotatable bonds is 5. The minimum Gasteiger partial charge on any atom is -0.460 e. The lowest BCUT2D eigenvalue weighted by Gasteiger charge is -2.37. The molecule has 2 aromatic carbocycles. The van der Waals surface area contributed by atoms with Crippen LogP contribution in [0.3, 0.4) is 0 Å². The molecule has 32 heavy (non-hydrogen) atoms. The maximum atomic E-state index is 13.2. The summed E-state index contributed by atoms with van der Waals surface area (Å²) in [6.07, 6.45) is 0.469. The molecule has 1 saturated carbocycles. The Bertz CT molecular complexity index is 993. The monoisotopic (exact) mass is 437 g/mol. The van der Waals surface area contributed by atoms with E-state index in [2.05, 4.69) is 0 Å². The molecule has 1 saturated heterocycles. The van der Waals surface area contributed by atoms with Crippen LogP contribution in [-0.4, -0.2) is 34.4 Å². The van der Waals surface area contributed by atoms with Gasteiger partial charge >= 0.3 is 12.1 Å². The van der Waals surface area contributed by atoms with Crippen molar-refractivity contribution in [3.8, 4) is 0 Å². The summed E-state index contributed by atoms with van der Waals surface area (Å²) in [5, 5.41) is 0. The maximum absolute atomic E-state index is 13.2. The van der Waals surface area contributed by atoms with Gasteiger partial charge in [-0.1, -0.05) is 54.6 Å². The summed E-state index contributed by atoms with van der Waals surface area (Å²) in [5.41, 5.74) is 0.968. The van der Waals surface area contributed by atoms with E-state index in [1.54, 1.807) is 4.90 Å². The Balaban J connectivity index is 1.49. The summed E-state index contributed by atoms with van der Waals surface area (Å²) < 4.78 is 17.2. The molecular formula is C26H31NO5. The van der Waals surface area contributed by atoms with Crippen LogP contribution in [0.5, 0.6) is 0 Å². The van der Waals surface area contributed by atoms with Crippen molar-refractivity contribution in [1.82, 2.24) is 4.90 Å². The van der Waals surface area contributed by atoms with Crippen LogP contribution in [-0.2, 0) is 37.6 Å². The molecule has 0 spiro atoms. The Hall–Kier alpha value is -2.86. The van der Waals surface area contributed by atoms with Gasteiger partial charge in [-0.05, 0) is 51.3 Å². The van der Waals surface area contributed by atoms with E-state index in [-0.39, 0.29) is 25.1 Å². The van der Waals surface area contributed by atoms with E-state index < -0.39 is 23.0 Å². The van der Waals surface area contributed by atoms with E-state index in [0.717, 1.165) is 23.1 Å². The normalized spacial score (nSPS) is 23.4. The number of fused-ring (bicyclic) bond motifs is 1. The van der Waals surface area contributed by atoms with Gasteiger partial charge in [0.2, 0.25) is 0 Å². The van der Waals surface area contributed by atoms with Crippen LogP contribution in [0.4, 0.5) is 4.79 Å². The zero-order chi connectivity index (χ0) is 23.1. The number of ether oxygens (including phenoxy) is 3. The SMILES string of the molecule is CC(C)(C)OC(=O)Cc1ccc(C23CC2OC(C)(C)N3C(=O)OCc2ccccc2)cc1. The van der Waals surface area contributed by atoms with Gasteiger partial charge in [-0.2, -0.15) is 0 Å². The minimum absolute atomic E-state index is 0.0709. The third-order valence-corrected chi connectivity index (χ3v) is 5.85. The molecule has 2 unspecified atom stereocenters. The van der Waals surface area contributed by atoms with Crippen molar-refractivity contribution in [3.63, 3.8) is 0 Å². The van der Waals surface area contributed by atoms with Crippen molar-refractivity contribution >= 4 is 12.1 Å². The molecular weight excluding hydrogens is 406 g/mol. The first-order chi connectivity index (χ1) is 15.0. The summed E-state index contributed by atoms with van der Waals surface area (Å²) in [5.74, 6) is -0.260. The summed E-state index contributed by atoms with van der Waals surface area (Å²) in [6, 6.07) is 17.4. The predicted molar refractivity (Wildman–Crippen MR) is 120 cm³/mol. The first-order valence-electron chi connectivity index (χ1n) is 11.0. The number of hydrogen-bond acceptors (Lipinski definition) is 5. The Morgan fingerprint density at radius 1 is 1.03 bits per heavy atom. The van der Waals surface area contributed by atoms with Gasteiger partial charge < -0.3 is 14.2 Å². The second-order valence-corrected chi connectivity index (χ2v) is 10.0. The van der Waals surface area contributed by atoms with Gasteiger partial charge in [0, 0.05) is 6.42 Å². The molecule has 2 atom stereocenters. The number of esters is 1. The van der Waals surface area contributed by atoms with Gasteiger partial charge in [-0.25, -0.2) is 4.79 Å². The fourth-order valence-corrected chi connectivity index (χ4v) is 4.53. The third-order valence-electron chi connectivity index (χ3n) is 5.85. The molecule has 2 aromatic rings. The number of benzene rings is 2. The number of hydrogen-bond donors (Lipinski definition) is 0. The van der Waals surface area contributed by atoms with Crippen molar-refractivity contribution in [2.45, 2.75) is 77.0 Å². The van der Waals surface area contributed by atoms with E-state index >= 15 is 0 Å². The summed E-state index contributed by atoms with van der Waals surface area (Å²) in [4.78, 5) is 27.0. The van der Waals surface area contributed by atoms with Gasteiger partial charge in [0.05, 0.1) is 12.5 Å². The lowest BCUT2D eigenvalue weighted by atomic mass is 9.99. The Morgan fingerprint density at radius 3 is 2.31 bits per heavy atom. The smallest absolute Gasteiger partial charge is 0.413 e. The van der Waals surface area contributed by atoms with Crippen LogP contribution in [0.1, 0.15) is 57.7 Å². The Kier molecular flexibility index (Phi) is 5.53. The second-order valence-electron chi connectivity index (χ2n) is 10.0. The number of amides is 1. The highest BCUT2D eigenvalue weighted by atomic mass is 16.6. The molecule has 4 rings (SSSR count). The Morgan fingerprint density at radius 2 is 1.69 bits per heavy atom. The number of nitrogens with zero attached hydrogens (tertiary/aromatic N) is 1. The molecule has 6 heteroatoms. The van der Waals surface area contributed by atoms with Gasteiger partial charge in [0.1, 0.15) is 23.5 Å². The van der Waals surface area contributed by atoms with Crippen molar-refractivity contribution in [2.75, 3.05) is 0 Å². The van der Waals surface area contributed by atoms with Crippen molar-refractivity contribution < 1.29 is 23.8 Å². The van der Waals surface area contributed by atoms with Gasteiger partial charge in [0.25, 0.3) is 0 Å². The summed E-state index contributed by atoms with van der Waals surface area (Å²) in [6.45, 7) is 9.56. The van der Waals surface area contributed by atoms with Gasteiger partial charge in [-0.15, -0.1) is 0 Å². The zero-order valence-electron chi connectivity index (χ0n) is 19.4. The van der Waals surface area contributed by atoms with Crippen LogP contribution in [0.25, 0.3) is 0 Å². The largest absolute Gasteiger partial charge is 0.460 e. The zero-order valence-corrected chi connectivity index (χ0v) is 19.4. The Labute approximate surface area is 189 Å². The average molecular weight is 438 g/mol. The molecule has 1 heterocycles. The van der Waals surface area contributed by atoms with E-state index in [0.29, 0.717) is 0 Å². The van der Waals surface area contributed by atoms with Crippen molar-refractivity contribution in [1.29, 1.82) is 0 Å². The quantitative estimate of drug-likeness (QED) is 0.620. The highest BCUT2D eigenvalue weighted by molar-refractivity contribution is 5.74. The van der Waals surface area contributed by atoms with Gasteiger partial charge in [-0.3, -0.25) is 9.69 Å². The molecule has 0 aromatic heterocycles.